The summed E-state index contributed by atoms with van der Waals surface area (Å²) in [6, 6.07) is 9.48. The number of hydrogen-bond donors (Lipinski definition) is 1. The van der Waals surface area contributed by atoms with E-state index in [0.29, 0.717) is 0 Å². The van der Waals surface area contributed by atoms with E-state index in [2.05, 4.69) is 0 Å². The fourth-order valence-corrected chi connectivity index (χ4v) is 1.05. The number of esters is 1. The van der Waals surface area contributed by atoms with Crippen molar-refractivity contribution in [2.75, 3.05) is 20.3 Å². The van der Waals surface area contributed by atoms with Gasteiger partial charge in [-0.1, -0.05) is 30.3 Å². The minimum absolute atomic E-state index is 0.101. The predicted molar refractivity (Wildman–Crippen MR) is 56.0 cm³/mol. The molecular formula is C11H15NO3. The highest BCUT2D eigenvalue weighted by Crippen LogP contribution is 2.00. The van der Waals surface area contributed by atoms with Gasteiger partial charge in [-0.25, -0.2) is 0 Å². The van der Waals surface area contributed by atoms with Gasteiger partial charge >= 0.3 is 5.97 Å². The van der Waals surface area contributed by atoms with Crippen molar-refractivity contribution in [2.24, 2.45) is 0 Å². The quantitative estimate of drug-likeness (QED) is 0.570. The zero-order chi connectivity index (χ0) is 11.1. The van der Waals surface area contributed by atoms with E-state index in [0.717, 1.165) is 5.56 Å². The minimum atomic E-state index is -0.338. The second-order valence-corrected chi connectivity index (χ2v) is 3.30. The number of nitrogens with zero attached hydrogens (tertiary/aromatic N) is 1. The largest absolute Gasteiger partial charge is 0.460 e. The molecule has 0 spiro atoms. The molecule has 0 heterocycles. The summed E-state index contributed by atoms with van der Waals surface area (Å²) in [4.78, 5) is 12.7. The van der Waals surface area contributed by atoms with E-state index in [4.69, 9.17) is 9.84 Å². The number of carbonyl (C=O) groups is 1. The number of ether oxygens (including phenoxy) is 1. The van der Waals surface area contributed by atoms with Crippen LogP contribution in [0.15, 0.2) is 30.3 Å². The summed E-state index contributed by atoms with van der Waals surface area (Å²) in [5.74, 6) is -0.338. The maximum Gasteiger partial charge on any atom is 0.320 e. The monoisotopic (exact) mass is 209 g/mol. The number of carbonyl (C=O) groups excluding carboxylic acids is 1. The first-order chi connectivity index (χ1) is 7.22. The third kappa shape index (κ3) is 4.58. The number of benzene rings is 1. The Morgan fingerprint density at radius 1 is 1.40 bits per heavy atom. The van der Waals surface area contributed by atoms with Crippen LogP contribution in [0.5, 0.6) is 0 Å². The molecule has 4 heteroatoms. The van der Waals surface area contributed by atoms with Crippen LogP contribution in [0.25, 0.3) is 0 Å². The van der Waals surface area contributed by atoms with Gasteiger partial charge < -0.3 is 9.84 Å². The van der Waals surface area contributed by atoms with Crippen LogP contribution in [0.2, 0.25) is 0 Å². The lowest BCUT2D eigenvalue weighted by Crippen LogP contribution is -2.27. The van der Waals surface area contributed by atoms with Gasteiger partial charge in [0, 0.05) is 0 Å². The first-order valence-electron chi connectivity index (χ1n) is 4.71. The third-order valence-electron chi connectivity index (χ3n) is 1.88. The normalized spacial score (nSPS) is 10.3. The molecule has 0 unspecified atom stereocenters. The molecule has 0 aliphatic carbocycles. The molecule has 82 valence electrons. The van der Waals surface area contributed by atoms with Crippen LogP contribution in [0.1, 0.15) is 5.56 Å². The van der Waals surface area contributed by atoms with Gasteiger partial charge in [0.2, 0.25) is 0 Å². The number of aliphatic hydroxyl groups is 1. The molecular weight excluding hydrogens is 194 g/mol. The topological polar surface area (TPSA) is 49.8 Å². The second-order valence-electron chi connectivity index (χ2n) is 3.30. The number of hydrogen-bond acceptors (Lipinski definition) is 4. The van der Waals surface area contributed by atoms with Crippen molar-refractivity contribution in [2.45, 2.75) is 6.61 Å². The van der Waals surface area contributed by atoms with E-state index in [1.165, 1.54) is 4.90 Å². The fraction of sp³-hybridized carbons (Fsp3) is 0.364. The lowest BCUT2D eigenvalue weighted by Gasteiger charge is -2.11. The Bertz CT molecular complexity index is 300. The van der Waals surface area contributed by atoms with Gasteiger partial charge in [0.25, 0.3) is 0 Å². The van der Waals surface area contributed by atoms with E-state index in [9.17, 15) is 4.79 Å². The highest BCUT2D eigenvalue weighted by molar-refractivity contribution is 5.71. The maximum absolute atomic E-state index is 11.2. The molecule has 0 radical (unpaired) electrons. The molecule has 0 atom stereocenters. The molecule has 0 aliphatic rings. The molecule has 0 fully saturated rings. The molecule has 1 aromatic carbocycles. The lowest BCUT2D eigenvalue weighted by molar-refractivity contribution is -0.146. The smallest absolute Gasteiger partial charge is 0.320 e. The Hall–Kier alpha value is -1.39. The zero-order valence-corrected chi connectivity index (χ0v) is 8.72. The summed E-state index contributed by atoms with van der Waals surface area (Å²) >= 11 is 0. The van der Waals surface area contributed by atoms with Crippen LogP contribution < -0.4 is 0 Å². The van der Waals surface area contributed by atoms with Crippen LogP contribution in [-0.4, -0.2) is 36.3 Å². The van der Waals surface area contributed by atoms with Crippen LogP contribution >= 0.6 is 0 Å². The molecule has 0 amide bonds. The summed E-state index contributed by atoms with van der Waals surface area (Å²) in [7, 11) is 1.64. The molecule has 0 saturated heterocycles. The molecule has 0 saturated carbocycles. The molecule has 0 bridgehead atoms. The van der Waals surface area contributed by atoms with Gasteiger partial charge in [0.05, 0.1) is 13.3 Å². The standard InChI is InChI=1S/C11H15NO3/c1-12(9-13)7-11(14)15-8-10-5-3-2-4-6-10/h2-6,13H,7-9H2,1H3. The number of likely N-dealkylation sites (N-methyl/N-ethyl adjacent to an activating group) is 1. The van der Waals surface area contributed by atoms with E-state index in [1.807, 2.05) is 30.3 Å². The average molecular weight is 209 g/mol. The van der Waals surface area contributed by atoms with Gasteiger partial charge in [-0.3, -0.25) is 9.69 Å². The van der Waals surface area contributed by atoms with Crippen molar-refractivity contribution < 1.29 is 14.6 Å². The predicted octanol–water partition coefficient (Wildman–Crippen LogP) is 0.611. The minimum Gasteiger partial charge on any atom is -0.460 e. The highest BCUT2D eigenvalue weighted by Gasteiger charge is 2.06. The molecule has 4 nitrogen and oxygen atoms in total. The fourth-order valence-electron chi connectivity index (χ4n) is 1.05. The maximum atomic E-state index is 11.2. The molecule has 1 aromatic rings. The van der Waals surface area contributed by atoms with Gasteiger partial charge in [-0.15, -0.1) is 0 Å². The average Bonchev–Trinajstić information content (AvgIpc) is 2.27. The van der Waals surface area contributed by atoms with Crippen molar-refractivity contribution in [3.05, 3.63) is 35.9 Å². The van der Waals surface area contributed by atoms with Gasteiger partial charge in [0.15, 0.2) is 0 Å². The number of rotatable bonds is 5. The van der Waals surface area contributed by atoms with Crippen molar-refractivity contribution in [3.63, 3.8) is 0 Å². The van der Waals surface area contributed by atoms with Crippen molar-refractivity contribution in [1.82, 2.24) is 4.90 Å². The first kappa shape index (κ1) is 11.7. The van der Waals surface area contributed by atoms with E-state index >= 15 is 0 Å². The van der Waals surface area contributed by atoms with Gasteiger partial charge in [-0.2, -0.15) is 0 Å². The Labute approximate surface area is 89.1 Å². The Kier molecular flexibility index (Phi) is 4.80. The number of aliphatic hydroxyl groups excluding tert-OH is 1. The summed E-state index contributed by atoms with van der Waals surface area (Å²) in [5.41, 5.74) is 0.956. The van der Waals surface area contributed by atoms with Crippen molar-refractivity contribution in [1.29, 1.82) is 0 Å². The molecule has 15 heavy (non-hydrogen) atoms. The van der Waals surface area contributed by atoms with E-state index in [1.54, 1.807) is 7.05 Å². The van der Waals surface area contributed by atoms with Crippen LogP contribution in [0.3, 0.4) is 0 Å². The summed E-state index contributed by atoms with van der Waals surface area (Å²) in [6.45, 7) is 0.225. The van der Waals surface area contributed by atoms with Crippen molar-refractivity contribution >= 4 is 5.97 Å². The molecule has 0 aliphatic heterocycles. The summed E-state index contributed by atoms with van der Waals surface area (Å²) in [5, 5.41) is 8.69. The summed E-state index contributed by atoms with van der Waals surface area (Å²) < 4.78 is 5.01. The zero-order valence-electron chi connectivity index (χ0n) is 8.72. The van der Waals surface area contributed by atoms with Gasteiger partial charge in [0.1, 0.15) is 6.61 Å². The lowest BCUT2D eigenvalue weighted by atomic mass is 10.2. The molecule has 1 N–H and O–H groups in total. The van der Waals surface area contributed by atoms with Crippen LogP contribution in [0, 0.1) is 0 Å². The van der Waals surface area contributed by atoms with Crippen molar-refractivity contribution in [3.8, 4) is 0 Å². The summed E-state index contributed by atoms with van der Waals surface area (Å²) in [6.07, 6.45) is 0. The van der Waals surface area contributed by atoms with Gasteiger partial charge in [-0.05, 0) is 12.6 Å². The SMILES string of the molecule is CN(CO)CC(=O)OCc1ccccc1. The van der Waals surface area contributed by atoms with E-state index < -0.39 is 0 Å². The second kappa shape index (κ2) is 6.16. The highest BCUT2D eigenvalue weighted by atomic mass is 16.5. The third-order valence-corrected chi connectivity index (χ3v) is 1.88. The Morgan fingerprint density at radius 2 is 2.07 bits per heavy atom. The Morgan fingerprint density at radius 3 is 2.67 bits per heavy atom. The van der Waals surface area contributed by atoms with Crippen LogP contribution in [0.4, 0.5) is 0 Å². The molecule has 1 rings (SSSR count). The Balaban J connectivity index is 2.29. The molecule has 0 aromatic heterocycles. The van der Waals surface area contributed by atoms with Crippen LogP contribution in [-0.2, 0) is 16.1 Å². The van der Waals surface area contributed by atoms with E-state index in [-0.39, 0.29) is 25.9 Å². The first-order valence-corrected chi connectivity index (χ1v) is 4.71.